The Bertz CT molecular complexity index is 802. The van der Waals surface area contributed by atoms with Crippen LogP contribution in [0.1, 0.15) is 17.2 Å². The first-order valence-corrected chi connectivity index (χ1v) is 7.31. The third kappa shape index (κ3) is 3.38. The zero-order chi connectivity index (χ0) is 16.9. The summed E-state index contributed by atoms with van der Waals surface area (Å²) in [5.41, 5.74) is 1.64. The van der Waals surface area contributed by atoms with Crippen molar-refractivity contribution in [3.63, 3.8) is 0 Å². The van der Waals surface area contributed by atoms with E-state index in [1.165, 1.54) is 0 Å². The van der Waals surface area contributed by atoms with Crippen LogP contribution in [0.25, 0.3) is 0 Å². The Morgan fingerprint density at radius 3 is 2.04 bits per heavy atom. The summed E-state index contributed by atoms with van der Waals surface area (Å²) in [4.78, 5) is 14.0. The van der Waals surface area contributed by atoms with Crippen LogP contribution < -0.4 is 5.32 Å². The largest absolute Gasteiger partial charge is 0.368 e. The van der Waals surface area contributed by atoms with Crippen molar-refractivity contribution in [3.05, 3.63) is 100 Å². The van der Waals surface area contributed by atoms with Gasteiger partial charge in [-0.25, -0.2) is 4.98 Å². The van der Waals surface area contributed by atoms with Crippen LogP contribution in [0.4, 0.5) is 15.8 Å². The number of rotatable bonds is 5. The van der Waals surface area contributed by atoms with Crippen molar-refractivity contribution in [1.29, 1.82) is 0 Å². The summed E-state index contributed by atoms with van der Waals surface area (Å²) in [7, 11) is 0. The van der Waals surface area contributed by atoms with Gasteiger partial charge < -0.3 is 5.32 Å². The molecule has 0 atom stereocenters. The van der Waals surface area contributed by atoms with Crippen LogP contribution in [-0.2, 0) is 0 Å². The highest BCUT2D eigenvalue weighted by atomic mass is 19.1. The maximum atomic E-state index is 13.5. The maximum absolute atomic E-state index is 13.5. The van der Waals surface area contributed by atoms with Crippen LogP contribution in [0.2, 0.25) is 0 Å². The predicted molar refractivity (Wildman–Crippen MR) is 89.2 cm³/mol. The number of nitrogens with zero attached hydrogens (tertiary/aromatic N) is 2. The van der Waals surface area contributed by atoms with Gasteiger partial charge in [0.15, 0.2) is 0 Å². The Hall–Kier alpha value is -3.28. The van der Waals surface area contributed by atoms with Crippen molar-refractivity contribution in [2.24, 2.45) is 0 Å². The van der Waals surface area contributed by atoms with E-state index in [1.807, 2.05) is 60.7 Å². The zero-order valence-electron chi connectivity index (χ0n) is 12.6. The third-order valence-electron chi connectivity index (χ3n) is 3.61. The molecule has 6 heteroatoms. The molecule has 0 unspecified atom stereocenters. The first-order chi connectivity index (χ1) is 11.6. The van der Waals surface area contributed by atoms with Crippen molar-refractivity contribution in [1.82, 2.24) is 4.98 Å². The van der Waals surface area contributed by atoms with Crippen molar-refractivity contribution in [2.45, 2.75) is 6.04 Å². The highest BCUT2D eigenvalue weighted by molar-refractivity contribution is 5.62. The first kappa shape index (κ1) is 15.6. The predicted octanol–water partition coefficient (Wildman–Crippen LogP) is 4.33. The van der Waals surface area contributed by atoms with Gasteiger partial charge in [-0.2, -0.15) is 4.39 Å². The summed E-state index contributed by atoms with van der Waals surface area (Å²) in [6, 6.07) is 19.6. The third-order valence-corrected chi connectivity index (χ3v) is 3.61. The van der Waals surface area contributed by atoms with Gasteiger partial charge in [-0.15, -0.1) is 0 Å². The van der Waals surface area contributed by atoms with Crippen LogP contribution in [0.15, 0.2) is 72.9 Å². The molecule has 2 aromatic carbocycles. The summed E-state index contributed by atoms with van der Waals surface area (Å²) in [6.07, 6.45) is 0.921. The van der Waals surface area contributed by atoms with Crippen molar-refractivity contribution >= 4 is 11.4 Å². The van der Waals surface area contributed by atoms with Crippen molar-refractivity contribution in [3.8, 4) is 0 Å². The molecule has 1 N–H and O–H groups in total. The Morgan fingerprint density at radius 1 is 1.00 bits per heavy atom. The lowest BCUT2D eigenvalue weighted by atomic mass is 9.98. The highest BCUT2D eigenvalue weighted by Crippen LogP contribution is 2.31. The van der Waals surface area contributed by atoms with E-state index in [0.717, 1.165) is 23.4 Å². The monoisotopic (exact) mass is 323 g/mol. The number of nitro groups is 1. The Morgan fingerprint density at radius 2 is 1.54 bits per heavy atom. The van der Waals surface area contributed by atoms with Crippen LogP contribution in [0.3, 0.4) is 0 Å². The van der Waals surface area contributed by atoms with Gasteiger partial charge in [0.2, 0.25) is 5.95 Å². The van der Waals surface area contributed by atoms with Gasteiger partial charge in [0, 0.05) is 6.07 Å². The van der Waals surface area contributed by atoms with Crippen LogP contribution in [0, 0.1) is 16.1 Å². The van der Waals surface area contributed by atoms with Gasteiger partial charge in [-0.1, -0.05) is 60.7 Å². The molecule has 0 amide bonds. The van der Waals surface area contributed by atoms with Crippen molar-refractivity contribution < 1.29 is 9.31 Å². The van der Waals surface area contributed by atoms with Crippen molar-refractivity contribution in [2.75, 3.05) is 5.32 Å². The van der Waals surface area contributed by atoms with E-state index in [9.17, 15) is 14.5 Å². The number of pyridine rings is 1. The lowest BCUT2D eigenvalue weighted by molar-refractivity contribution is -0.384. The molecule has 0 radical (unpaired) electrons. The average Bonchev–Trinajstić information content (AvgIpc) is 2.61. The molecule has 3 aromatic rings. The molecule has 5 nitrogen and oxygen atoms in total. The van der Waals surface area contributed by atoms with E-state index in [-0.39, 0.29) is 17.4 Å². The standard InChI is InChI=1S/C18H14FN3O2/c19-17-11-15(16(12-20-17)22(23)24)21-18(13-7-3-1-4-8-13)14-9-5-2-6-10-14/h1-12,18H,(H,20,21). The second kappa shape index (κ2) is 6.87. The molecule has 120 valence electrons. The molecule has 24 heavy (non-hydrogen) atoms. The molecule has 0 saturated carbocycles. The Balaban J connectivity index is 2.05. The second-order valence-electron chi connectivity index (χ2n) is 5.18. The van der Waals surface area contributed by atoms with Gasteiger partial charge >= 0.3 is 5.69 Å². The van der Waals surface area contributed by atoms with E-state index >= 15 is 0 Å². The zero-order valence-corrected chi connectivity index (χ0v) is 12.6. The second-order valence-corrected chi connectivity index (χ2v) is 5.18. The molecule has 0 spiro atoms. The number of hydrogen-bond acceptors (Lipinski definition) is 4. The lowest BCUT2D eigenvalue weighted by Crippen LogP contribution is -2.13. The Labute approximate surface area is 137 Å². The molecule has 0 aliphatic carbocycles. The van der Waals surface area contributed by atoms with Gasteiger partial charge in [-0.05, 0) is 11.1 Å². The number of hydrogen-bond donors (Lipinski definition) is 1. The topological polar surface area (TPSA) is 68.1 Å². The molecular formula is C18H14FN3O2. The van der Waals surface area contributed by atoms with E-state index in [4.69, 9.17) is 0 Å². The number of aromatic nitrogens is 1. The number of benzene rings is 2. The fraction of sp³-hybridized carbons (Fsp3) is 0.0556. The minimum atomic E-state index is -0.775. The quantitative estimate of drug-likeness (QED) is 0.431. The lowest BCUT2D eigenvalue weighted by Gasteiger charge is -2.21. The molecule has 0 aliphatic rings. The fourth-order valence-corrected chi connectivity index (χ4v) is 2.49. The summed E-state index contributed by atoms with van der Waals surface area (Å²) >= 11 is 0. The Kier molecular flexibility index (Phi) is 4.47. The molecule has 0 fully saturated rings. The van der Waals surface area contributed by atoms with E-state index < -0.39 is 10.9 Å². The smallest absolute Gasteiger partial charge is 0.310 e. The number of nitrogens with one attached hydrogen (secondary N) is 1. The molecule has 0 bridgehead atoms. The molecule has 3 rings (SSSR count). The molecular weight excluding hydrogens is 309 g/mol. The molecule has 0 aliphatic heterocycles. The van der Waals surface area contributed by atoms with Gasteiger partial charge in [-0.3, -0.25) is 10.1 Å². The van der Waals surface area contributed by atoms with E-state index in [1.54, 1.807) is 0 Å². The minimum Gasteiger partial charge on any atom is -0.368 e. The minimum absolute atomic E-state index is 0.0882. The summed E-state index contributed by atoms with van der Waals surface area (Å²) in [5, 5.41) is 14.3. The van der Waals surface area contributed by atoms with Crippen LogP contribution in [-0.4, -0.2) is 9.91 Å². The fourth-order valence-electron chi connectivity index (χ4n) is 2.49. The molecule has 1 heterocycles. The van der Waals surface area contributed by atoms with E-state index in [0.29, 0.717) is 0 Å². The normalized spacial score (nSPS) is 10.6. The van der Waals surface area contributed by atoms with Gasteiger partial charge in [0.25, 0.3) is 0 Å². The van der Waals surface area contributed by atoms with Gasteiger partial charge in [0.1, 0.15) is 11.9 Å². The molecule has 1 aromatic heterocycles. The van der Waals surface area contributed by atoms with Crippen LogP contribution in [0.5, 0.6) is 0 Å². The summed E-state index contributed by atoms with van der Waals surface area (Å²) < 4.78 is 13.5. The molecule has 0 saturated heterocycles. The van der Waals surface area contributed by atoms with Gasteiger partial charge in [0.05, 0.1) is 11.0 Å². The highest BCUT2D eigenvalue weighted by Gasteiger charge is 2.21. The SMILES string of the molecule is O=[N+]([O-])c1cnc(F)cc1NC(c1ccccc1)c1ccccc1. The summed E-state index contributed by atoms with van der Waals surface area (Å²) in [5.74, 6) is -0.775. The average molecular weight is 323 g/mol. The van der Waals surface area contributed by atoms with E-state index in [2.05, 4.69) is 10.3 Å². The number of anilines is 1. The number of halogens is 1. The maximum Gasteiger partial charge on any atom is 0.310 e. The summed E-state index contributed by atoms with van der Waals surface area (Å²) in [6.45, 7) is 0. The first-order valence-electron chi connectivity index (χ1n) is 7.31. The van der Waals surface area contributed by atoms with Crippen LogP contribution >= 0.6 is 0 Å².